The van der Waals surface area contributed by atoms with Crippen LogP contribution in [0.2, 0.25) is 0 Å². The molecular formula is C59H37IN3-. The predicted octanol–water partition coefficient (Wildman–Crippen LogP) is 12.0. The summed E-state index contributed by atoms with van der Waals surface area (Å²) >= 11 is -0.332. The van der Waals surface area contributed by atoms with Crippen LogP contribution in [-0.2, 0) is 0 Å². The van der Waals surface area contributed by atoms with Crippen LogP contribution in [0.5, 0.6) is 0 Å². The molecular weight excluding hydrogens is 878 g/mol. The van der Waals surface area contributed by atoms with Gasteiger partial charge in [0.1, 0.15) is 0 Å². The summed E-state index contributed by atoms with van der Waals surface area (Å²) in [5.74, 6) is 0.695. The van der Waals surface area contributed by atoms with E-state index in [0.717, 1.165) is 61.5 Å². The zero-order valence-corrected chi connectivity index (χ0v) is 36.2. The van der Waals surface area contributed by atoms with Crippen LogP contribution < -0.4 is 21.2 Å². The number of hydrogen-bond acceptors (Lipinski definition) is 3. The van der Waals surface area contributed by atoms with Crippen molar-refractivity contribution in [2.75, 3.05) is 0 Å². The minimum Gasteiger partial charge on any atom is -0.228 e. The fourth-order valence-corrected chi connectivity index (χ4v) is 12.0. The third kappa shape index (κ3) is 6.99. The number of aromatic nitrogens is 3. The number of fused-ring (bicyclic) bond motifs is 6. The molecule has 296 valence electrons. The summed E-state index contributed by atoms with van der Waals surface area (Å²) in [7, 11) is 0. The number of benzene rings is 9. The first-order chi connectivity index (χ1) is 31.2. The van der Waals surface area contributed by atoms with E-state index in [-0.39, 0.29) is 21.2 Å². The van der Waals surface area contributed by atoms with Crippen molar-refractivity contribution in [3.8, 4) is 89.7 Å². The Morgan fingerprint density at radius 2 is 0.746 bits per heavy atom. The fraction of sp³-hybridized carbons (Fsp3) is 0. The maximum atomic E-state index is 5.41. The van der Waals surface area contributed by atoms with Crippen LogP contribution in [0.1, 0.15) is 0 Å². The molecule has 0 amide bonds. The van der Waals surface area contributed by atoms with Crippen molar-refractivity contribution in [2.45, 2.75) is 0 Å². The van der Waals surface area contributed by atoms with Crippen molar-refractivity contribution in [3.05, 3.63) is 232 Å². The molecule has 63 heavy (non-hydrogen) atoms. The van der Waals surface area contributed by atoms with Gasteiger partial charge in [0, 0.05) is 11.1 Å². The minimum atomic E-state index is -0.332. The molecule has 3 nitrogen and oxygen atoms in total. The number of rotatable bonds is 7. The van der Waals surface area contributed by atoms with Crippen LogP contribution in [0, 0.1) is 7.14 Å². The number of hydrogen-bond donors (Lipinski definition) is 0. The summed E-state index contributed by atoms with van der Waals surface area (Å²) in [5, 5.41) is 3.78. The van der Waals surface area contributed by atoms with E-state index in [1.807, 2.05) is 12.1 Å². The van der Waals surface area contributed by atoms with Gasteiger partial charge in [0.15, 0.2) is 5.82 Å². The molecule has 0 bridgehead atoms. The topological polar surface area (TPSA) is 38.7 Å². The van der Waals surface area contributed by atoms with Crippen molar-refractivity contribution in [1.82, 2.24) is 15.0 Å². The van der Waals surface area contributed by atoms with E-state index >= 15 is 0 Å². The summed E-state index contributed by atoms with van der Waals surface area (Å²) < 4.78 is 2.95. The molecule has 0 radical (unpaired) electrons. The molecule has 0 spiro atoms. The largest absolute Gasteiger partial charge is 0.228 e. The molecule has 0 unspecified atom stereocenters. The molecule has 9 aromatic carbocycles. The van der Waals surface area contributed by atoms with Gasteiger partial charge in [-0.15, -0.1) is 0 Å². The molecule has 11 aromatic rings. The molecule has 1 aliphatic rings. The summed E-state index contributed by atoms with van der Waals surface area (Å²) in [4.78, 5) is 15.7. The van der Waals surface area contributed by atoms with Gasteiger partial charge >= 0.3 is 209 Å². The maximum absolute atomic E-state index is 5.41. The van der Waals surface area contributed by atoms with Crippen molar-refractivity contribution < 1.29 is 21.2 Å². The smallest absolute Gasteiger partial charge is 0.160 e. The second-order valence-electron chi connectivity index (χ2n) is 15.9. The molecule has 1 aliphatic heterocycles. The third-order valence-electron chi connectivity index (χ3n) is 12.1. The van der Waals surface area contributed by atoms with Crippen molar-refractivity contribution in [3.63, 3.8) is 0 Å². The van der Waals surface area contributed by atoms with E-state index in [2.05, 4.69) is 212 Å². The molecule has 0 saturated carbocycles. The van der Waals surface area contributed by atoms with Gasteiger partial charge in [0.25, 0.3) is 0 Å². The Labute approximate surface area is 376 Å². The van der Waals surface area contributed by atoms with Gasteiger partial charge in [-0.2, -0.15) is 0 Å². The number of halogens is 1. The zero-order valence-electron chi connectivity index (χ0n) is 34.1. The Hall–Kier alpha value is -7.54. The number of nitrogens with zero attached hydrogens (tertiary/aromatic N) is 3. The van der Waals surface area contributed by atoms with Gasteiger partial charge in [-0.25, -0.2) is 9.97 Å². The molecule has 4 heteroatoms. The van der Waals surface area contributed by atoms with Crippen molar-refractivity contribution in [2.24, 2.45) is 0 Å². The van der Waals surface area contributed by atoms with Crippen LogP contribution in [-0.4, -0.2) is 15.0 Å². The Kier molecular flexibility index (Phi) is 9.30. The first-order valence-corrected chi connectivity index (χ1v) is 23.4. The van der Waals surface area contributed by atoms with Crippen LogP contribution in [0.3, 0.4) is 0 Å². The fourth-order valence-electron chi connectivity index (χ4n) is 8.75. The van der Waals surface area contributed by atoms with Crippen molar-refractivity contribution in [1.29, 1.82) is 0 Å². The van der Waals surface area contributed by atoms with E-state index in [1.54, 1.807) is 0 Å². The van der Waals surface area contributed by atoms with Gasteiger partial charge in [-0.1, -0.05) is 109 Å². The molecule has 3 heterocycles. The molecule has 0 fully saturated rings. The summed E-state index contributed by atoms with van der Waals surface area (Å²) in [6.45, 7) is 0. The van der Waals surface area contributed by atoms with Crippen LogP contribution in [0.15, 0.2) is 224 Å². The van der Waals surface area contributed by atoms with E-state index in [9.17, 15) is 0 Å². The third-order valence-corrected chi connectivity index (χ3v) is 15.2. The molecule has 12 rings (SSSR count). The first-order valence-electron chi connectivity index (χ1n) is 21.2. The molecule has 2 aromatic heterocycles. The zero-order chi connectivity index (χ0) is 41.7. The van der Waals surface area contributed by atoms with Gasteiger partial charge in [0.2, 0.25) is 0 Å². The Balaban J connectivity index is 0.890. The Morgan fingerprint density at radius 1 is 0.317 bits per heavy atom. The SMILES string of the molecule is c1ccc(-c2ccc(-c3cc(-c4ccc(-c5ccc(-c6nc7cc8ccccc8cc7c7c6-c6ccccc6[I-]7)cc5)cc4)nc(-c4ccc(-c5ccccc5)cc4)n3)cc2)cc1. The average Bonchev–Trinajstić information content (AvgIpc) is 3.76. The van der Waals surface area contributed by atoms with Gasteiger partial charge in [-0.05, 0) is 28.3 Å². The molecule has 0 aliphatic carbocycles. The quantitative estimate of drug-likeness (QED) is 0.118. The Morgan fingerprint density at radius 3 is 1.30 bits per heavy atom. The van der Waals surface area contributed by atoms with E-state index < -0.39 is 0 Å². The number of pyridine rings is 1. The standard InChI is InChI=1S/C59H37IN3/c1-3-11-38(12-4-1)40-19-27-44(28-20-40)53-37-54(63-59(62-53)47-33-25-41(26-34-47)39-13-5-2-6-14-39)45-29-21-42(22-30-45)43-23-31-46(32-24-43)58-56-50-17-9-10-18-52(50)60-57(56)51-35-48-15-7-8-16-49(48)36-55(51)61-58/h1-37H/q-1. The normalized spacial score (nSPS) is 11.9. The monoisotopic (exact) mass is 914 g/mol. The van der Waals surface area contributed by atoms with Crippen LogP contribution in [0.4, 0.5) is 0 Å². The molecule has 0 N–H and O–H groups in total. The van der Waals surface area contributed by atoms with E-state index in [0.29, 0.717) is 5.82 Å². The summed E-state index contributed by atoms with van der Waals surface area (Å²) in [6, 6.07) is 80.2. The maximum Gasteiger partial charge on any atom is 0.160 e. The van der Waals surface area contributed by atoms with Gasteiger partial charge in [0.05, 0.1) is 5.69 Å². The van der Waals surface area contributed by atoms with Crippen LogP contribution in [0.25, 0.3) is 111 Å². The predicted molar refractivity (Wildman–Crippen MR) is 256 cm³/mol. The second kappa shape index (κ2) is 15.7. The van der Waals surface area contributed by atoms with E-state index in [1.165, 1.54) is 51.1 Å². The van der Waals surface area contributed by atoms with Crippen LogP contribution >= 0.6 is 0 Å². The molecule has 0 saturated heterocycles. The van der Waals surface area contributed by atoms with E-state index in [4.69, 9.17) is 15.0 Å². The summed E-state index contributed by atoms with van der Waals surface area (Å²) in [6.07, 6.45) is 0. The molecule has 0 atom stereocenters. The minimum absolute atomic E-state index is 0.332. The van der Waals surface area contributed by atoms with Crippen molar-refractivity contribution >= 4 is 21.7 Å². The van der Waals surface area contributed by atoms with Gasteiger partial charge in [-0.3, -0.25) is 0 Å². The first kappa shape index (κ1) is 37.2. The van der Waals surface area contributed by atoms with Gasteiger partial charge < -0.3 is 0 Å². The Bertz CT molecular complexity index is 3370. The summed E-state index contributed by atoms with van der Waals surface area (Å²) in [5.41, 5.74) is 17.7. The average molecular weight is 915 g/mol. The second-order valence-corrected chi connectivity index (χ2v) is 18.7.